The molecule has 0 saturated carbocycles. The minimum Gasteiger partial charge on any atom is -0.378 e. The van der Waals surface area contributed by atoms with E-state index in [1.54, 1.807) is 16.2 Å². The van der Waals surface area contributed by atoms with Gasteiger partial charge in [-0.1, -0.05) is 12.1 Å². The number of nitrogens with zero attached hydrogens (tertiary/aromatic N) is 2. The Morgan fingerprint density at radius 1 is 1.35 bits per heavy atom. The van der Waals surface area contributed by atoms with Crippen molar-refractivity contribution in [2.75, 3.05) is 32.9 Å². The first-order valence-corrected chi connectivity index (χ1v) is 7.42. The summed E-state index contributed by atoms with van der Waals surface area (Å²) in [7, 11) is 0. The van der Waals surface area contributed by atoms with Gasteiger partial charge in [0.05, 0.1) is 30.0 Å². The topological polar surface area (TPSA) is 51.7 Å². The van der Waals surface area contributed by atoms with E-state index in [1.807, 2.05) is 24.3 Å². The summed E-state index contributed by atoms with van der Waals surface area (Å²) in [6.45, 7) is 3.03. The molecule has 1 amide bonds. The number of thiazole rings is 1. The maximum absolute atomic E-state index is 11.9. The van der Waals surface area contributed by atoms with Crippen molar-refractivity contribution in [2.45, 2.75) is 6.61 Å². The van der Waals surface area contributed by atoms with E-state index in [0.29, 0.717) is 32.9 Å². The van der Waals surface area contributed by atoms with Gasteiger partial charge in [-0.3, -0.25) is 4.79 Å². The van der Waals surface area contributed by atoms with Gasteiger partial charge in [0.2, 0.25) is 5.91 Å². The molecule has 1 aliphatic rings. The third-order valence-corrected chi connectivity index (χ3v) is 4.16. The second-order valence-electron chi connectivity index (χ2n) is 4.56. The zero-order valence-electron chi connectivity index (χ0n) is 11.1. The van der Waals surface area contributed by atoms with Crippen LogP contribution >= 0.6 is 11.3 Å². The predicted molar refractivity (Wildman–Crippen MR) is 76.7 cm³/mol. The maximum Gasteiger partial charge on any atom is 0.248 e. The largest absolute Gasteiger partial charge is 0.378 e. The summed E-state index contributed by atoms with van der Waals surface area (Å²) in [5.41, 5.74) is 0.982. The van der Waals surface area contributed by atoms with Crippen LogP contribution in [0.15, 0.2) is 24.3 Å². The number of fused-ring (bicyclic) bond motifs is 1. The van der Waals surface area contributed by atoms with Crippen molar-refractivity contribution in [2.24, 2.45) is 0 Å². The van der Waals surface area contributed by atoms with Crippen molar-refractivity contribution in [3.63, 3.8) is 0 Å². The first-order chi connectivity index (χ1) is 9.83. The average molecular weight is 292 g/mol. The molecule has 106 valence electrons. The zero-order valence-corrected chi connectivity index (χ0v) is 11.9. The van der Waals surface area contributed by atoms with Gasteiger partial charge in [-0.2, -0.15) is 0 Å². The number of hydrogen-bond donors (Lipinski definition) is 0. The highest BCUT2D eigenvalue weighted by atomic mass is 32.1. The van der Waals surface area contributed by atoms with Gasteiger partial charge in [0, 0.05) is 13.1 Å². The molecule has 0 bridgehead atoms. The van der Waals surface area contributed by atoms with Crippen molar-refractivity contribution in [1.29, 1.82) is 0 Å². The number of hydrogen-bond acceptors (Lipinski definition) is 5. The molecule has 1 fully saturated rings. The van der Waals surface area contributed by atoms with E-state index in [2.05, 4.69) is 4.98 Å². The van der Waals surface area contributed by atoms with E-state index in [-0.39, 0.29) is 12.5 Å². The summed E-state index contributed by atoms with van der Waals surface area (Å²) in [4.78, 5) is 18.1. The van der Waals surface area contributed by atoms with Gasteiger partial charge in [0.1, 0.15) is 11.6 Å². The lowest BCUT2D eigenvalue weighted by molar-refractivity contribution is -0.140. The third-order valence-electron chi connectivity index (χ3n) is 3.15. The van der Waals surface area contributed by atoms with Crippen molar-refractivity contribution in [3.8, 4) is 0 Å². The van der Waals surface area contributed by atoms with Crippen LogP contribution < -0.4 is 0 Å². The maximum atomic E-state index is 11.9. The van der Waals surface area contributed by atoms with Crippen LogP contribution in [0, 0.1) is 0 Å². The Hall–Kier alpha value is -1.50. The monoisotopic (exact) mass is 292 g/mol. The Kier molecular flexibility index (Phi) is 4.25. The predicted octanol–water partition coefficient (Wildman–Crippen LogP) is 1.67. The molecule has 3 rings (SSSR count). The van der Waals surface area contributed by atoms with Crippen LogP contribution in [0.2, 0.25) is 0 Å². The number of amides is 1. The van der Waals surface area contributed by atoms with Gasteiger partial charge in [0.25, 0.3) is 0 Å². The van der Waals surface area contributed by atoms with Gasteiger partial charge >= 0.3 is 0 Å². The molecule has 1 saturated heterocycles. The molecule has 0 radical (unpaired) electrons. The highest BCUT2D eigenvalue weighted by Crippen LogP contribution is 2.21. The SMILES string of the molecule is O=C(COCc1nc2ccccc2s1)N1CCOCC1. The van der Waals surface area contributed by atoms with Crippen LogP contribution in [0.25, 0.3) is 10.2 Å². The lowest BCUT2D eigenvalue weighted by Gasteiger charge is -2.26. The Bertz CT molecular complexity index is 560. The van der Waals surface area contributed by atoms with Crippen LogP contribution in [-0.2, 0) is 20.9 Å². The smallest absolute Gasteiger partial charge is 0.248 e. The summed E-state index contributed by atoms with van der Waals surface area (Å²) in [5.74, 6) is 0.0226. The summed E-state index contributed by atoms with van der Waals surface area (Å²) in [5, 5.41) is 0.904. The molecule has 20 heavy (non-hydrogen) atoms. The second-order valence-corrected chi connectivity index (χ2v) is 5.68. The molecule has 6 heteroatoms. The molecule has 2 heterocycles. The molecular formula is C14H16N2O3S. The Morgan fingerprint density at radius 3 is 2.95 bits per heavy atom. The lowest BCUT2D eigenvalue weighted by Crippen LogP contribution is -2.42. The standard InChI is InChI=1S/C14H16N2O3S/c17-14(16-5-7-18-8-6-16)10-19-9-13-15-11-3-1-2-4-12(11)20-13/h1-4H,5-10H2. The normalized spacial score (nSPS) is 15.7. The van der Waals surface area contributed by atoms with E-state index < -0.39 is 0 Å². The van der Waals surface area contributed by atoms with Crippen molar-refractivity contribution in [1.82, 2.24) is 9.88 Å². The fraction of sp³-hybridized carbons (Fsp3) is 0.429. The van der Waals surface area contributed by atoms with E-state index in [4.69, 9.17) is 9.47 Å². The number of aromatic nitrogens is 1. The van der Waals surface area contributed by atoms with Gasteiger partial charge in [0.15, 0.2) is 0 Å². The fourth-order valence-electron chi connectivity index (χ4n) is 2.11. The van der Waals surface area contributed by atoms with Crippen LogP contribution in [0.4, 0.5) is 0 Å². The van der Waals surface area contributed by atoms with E-state index in [9.17, 15) is 4.79 Å². The summed E-state index contributed by atoms with van der Waals surface area (Å²) >= 11 is 1.60. The quantitative estimate of drug-likeness (QED) is 0.860. The van der Waals surface area contributed by atoms with Crippen LogP contribution in [-0.4, -0.2) is 48.7 Å². The molecule has 5 nitrogen and oxygen atoms in total. The fourth-order valence-corrected chi connectivity index (χ4v) is 3.02. The minimum absolute atomic E-state index is 0.0226. The van der Waals surface area contributed by atoms with Gasteiger partial charge < -0.3 is 14.4 Å². The van der Waals surface area contributed by atoms with Gasteiger partial charge in [-0.15, -0.1) is 11.3 Å². The highest BCUT2D eigenvalue weighted by Gasteiger charge is 2.16. The number of carbonyl (C=O) groups excluding carboxylic acids is 1. The first-order valence-electron chi connectivity index (χ1n) is 6.60. The van der Waals surface area contributed by atoms with Crippen LogP contribution in [0.1, 0.15) is 5.01 Å². The molecule has 1 aliphatic heterocycles. The number of morpholine rings is 1. The molecule has 0 aliphatic carbocycles. The van der Waals surface area contributed by atoms with Gasteiger partial charge in [-0.25, -0.2) is 4.98 Å². The molecule has 1 aromatic heterocycles. The Morgan fingerprint density at radius 2 is 2.15 bits per heavy atom. The average Bonchev–Trinajstić information content (AvgIpc) is 2.90. The molecular weight excluding hydrogens is 276 g/mol. The van der Waals surface area contributed by atoms with Gasteiger partial charge in [-0.05, 0) is 12.1 Å². The van der Waals surface area contributed by atoms with Crippen molar-refractivity contribution in [3.05, 3.63) is 29.3 Å². The van der Waals surface area contributed by atoms with Crippen molar-refractivity contribution < 1.29 is 14.3 Å². The molecule has 0 atom stereocenters. The summed E-state index contributed by atoms with van der Waals surface area (Å²) in [6, 6.07) is 7.98. The number of benzene rings is 1. The molecule has 1 aromatic carbocycles. The zero-order chi connectivity index (χ0) is 13.8. The molecule has 2 aromatic rings. The van der Waals surface area contributed by atoms with E-state index in [0.717, 1.165) is 15.2 Å². The molecule has 0 unspecified atom stereocenters. The van der Waals surface area contributed by atoms with E-state index in [1.165, 1.54) is 0 Å². The van der Waals surface area contributed by atoms with Crippen molar-refractivity contribution >= 4 is 27.5 Å². The first kappa shape index (κ1) is 13.5. The molecule has 0 spiro atoms. The van der Waals surface area contributed by atoms with Crippen LogP contribution in [0.5, 0.6) is 0 Å². The van der Waals surface area contributed by atoms with Crippen LogP contribution in [0.3, 0.4) is 0 Å². The summed E-state index contributed by atoms with van der Waals surface area (Å²) in [6.07, 6.45) is 0. The van der Waals surface area contributed by atoms with E-state index >= 15 is 0 Å². The molecule has 0 N–H and O–H groups in total. The summed E-state index contributed by atoms with van der Waals surface area (Å²) < 4.78 is 11.8. The Labute approximate surface area is 121 Å². The third kappa shape index (κ3) is 3.15. The minimum atomic E-state index is 0.0226. The highest BCUT2D eigenvalue weighted by molar-refractivity contribution is 7.18. The second kappa shape index (κ2) is 6.30. The lowest BCUT2D eigenvalue weighted by atomic mass is 10.3. The number of rotatable bonds is 4. The number of ether oxygens (including phenoxy) is 2. The Balaban J connectivity index is 1.50. The number of carbonyl (C=O) groups is 1. The number of para-hydroxylation sites is 1.